The minimum Gasteiger partial charge on any atom is -0.488 e. The van der Waals surface area contributed by atoms with Crippen LogP contribution < -0.4 is 19.9 Å². The summed E-state index contributed by atoms with van der Waals surface area (Å²) in [5.74, 6) is 1.21. The van der Waals surface area contributed by atoms with Crippen molar-refractivity contribution in [1.82, 2.24) is 40.2 Å². The van der Waals surface area contributed by atoms with Crippen LogP contribution in [0.15, 0.2) is 48.8 Å². The van der Waals surface area contributed by atoms with Gasteiger partial charge < -0.3 is 19.4 Å². The van der Waals surface area contributed by atoms with Gasteiger partial charge in [0.2, 0.25) is 11.8 Å². The molecule has 2 aromatic heterocycles. The molecular formula is C45H54N10O5. The van der Waals surface area contributed by atoms with Crippen LogP contribution in [0, 0.1) is 11.8 Å². The lowest BCUT2D eigenvalue weighted by Crippen LogP contribution is -2.54. The van der Waals surface area contributed by atoms with Crippen LogP contribution in [0.4, 0.5) is 11.5 Å². The number of piperazine rings is 1. The normalized spacial score (nSPS) is 24.3. The van der Waals surface area contributed by atoms with Gasteiger partial charge in [-0.3, -0.25) is 39.4 Å². The molecule has 7 heterocycles. The summed E-state index contributed by atoms with van der Waals surface area (Å²) in [5, 5.41) is 11.1. The quantitative estimate of drug-likeness (QED) is 0.217. The van der Waals surface area contributed by atoms with Gasteiger partial charge in [-0.15, -0.1) is 0 Å². The molecule has 60 heavy (non-hydrogen) atoms. The number of piperidine rings is 3. The van der Waals surface area contributed by atoms with E-state index >= 15 is 0 Å². The number of carbonyl (C=O) groups is 4. The van der Waals surface area contributed by atoms with Gasteiger partial charge in [0, 0.05) is 69.7 Å². The minimum atomic E-state index is -0.961. The molecule has 1 unspecified atom stereocenters. The lowest BCUT2D eigenvalue weighted by molar-refractivity contribution is -0.136. The summed E-state index contributed by atoms with van der Waals surface area (Å²) in [7, 11) is 0. The maximum atomic E-state index is 13.7. The maximum absolute atomic E-state index is 13.7. The Kier molecular flexibility index (Phi) is 10.1. The first-order valence-electron chi connectivity index (χ1n) is 21.9. The smallest absolute Gasteiger partial charge is 0.264 e. The molecular weight excluding hydrogens is 761 g/mol. The number of anilines is 2. The molecule has 15 heteroatoms. The average molecular weight is 815 g/mol. The summed E-state index contributed by atoms with van der Waals surface area (Å²) in [5.41, 5.74) is 4.02. The lowest BCUT2D eigenvalue weighted by atomic mass is 9.91. The number of nitrogens with zero attached hydrogens (tertiary/aromatic N) is 8. The molecule has 10 rings (SSSR count). The van der Waals surface area contributed by atoms with E-state index in [1.54, 1.807) is 12.4 Å². The van der Waals surface area contributed by atoms with Crippen LogP contribution in [-0.4, -0.2) is 135 Å². The van der Waals surface area contributed by atoms with Crippen LogP contribution in [0.1, 0.15) is 85.9 Å². The van der Waals surface area contributed by atoms with Gasteiger partial charge in [-0.25, -0.2) is 9.97 Å². The number of aromatic amines is 1. The number of rotatable bonds is 10. The van der Waals surface area contributed by atoms with Crippen LogP contribution in [-0.2, 0) is 9.59 Å². The number of H-pyrrole nitrogens is 1. The number of fused-ring (bicyclic) bond motifs is 2. The first-order valence-corrected chi connectivity index (χ1v) is 21.9. The summed E-state index contributed by atoms with van der Waals surface area (Å²) in [6.07, 6.45) is 8.54. The lowest BCUT2D eigenvalue weighted by Gasteiger charge is -2.43. The Morgan fingerprint density at radius 2 is 1.62 bits per heavy atom. The van der Waals surface area contributed by atoms with Crippen LogP contribution in [0.5, 0.6) is 5.75 Å². The van der Waals surface area contributed by atoms with E-state index in [1.165, 1.54) is 12.8 Å². The third-order valence-electron chi connectivity index (χ3n) is 14.0. The molecule has 5 fully saturated rings. The zero-order chi connectivity index (χ0) is 41.1. The van der Waals surface area contributed by atoms with Gasteiger partial charge in [-0.05, 0) is 114 Å². The fourth-order valence-electron chi connectivity index (χ4n) is 10.1. The number of hydrogen-bond acceptors (Lipinski definition) is 12. The summed E-state index contributed by atoms with van der Waals surface area (Å²) < 4.78 is 6.24. The van der Waals surface area contributed by atoms with E-state index in [1.807, 2.05) is 24.3 Å². The Labute approximate surface area is 349 Å². The van der Waals surface area contributed by atoms with E-state index in [9.17, 15) is 19.2 Å². The van der Waals surface area contributed by atoms with Gasteiger partial charge in [0.05, 0.1) is 28.0 Å². The molecule has 2 atom stereocenters. The number of benzene rings is 2. The standard InChI is InChI=1S/C45H54N10O5/c1-28-24-54(38-23-35(46-27-47-38)41-33-22-31(60-45(2)14-15-45)6-7-34(33)49-50-41)21-20-53(28)26-30-10-16-51(17-11-30)25-29-12-18-52(19-13-29)36-5-3-4-32-40(36)44(59)55(43(32)58)37-8-9-39(56)48-42(37)57/h3-7,22-23,27-30,37H,8-21,24-26H2,1-2H3,(H,49,50)(H,48,56,57)/t28-,37?/m0/s1. The molecule has 314 valence electrons. The second kappa shape index (κ2) is 15.6. The van der Waals surface area contributed by atoms with Crippen molar-refractivity contribution in [1.29, 1.82) is 0 Å². The number of imide groups is 2. The molecule has 4 aromatic rings. The minimum absolute atomic E-state index is 0.0483. The first-order chi connectivity index (χ1) is 29.1. The number of hydrogen-bond donors (Lipinski definition) is 2. The highest BCUT2D eigenvalue weighted by atomic mass is 16.5. The van der Waals surface area contributed by atoms with E-state index in [-0.39, 0.29) is 24.3 Å². The highest BCUT2D eigenvalue weighted by molar-refractivity contribution is 6.25. The van der Waals surface area contributed by atoms with Crippen molar-refractivity contribution in [3.63, 3.8) is 0 Å². The van der Waals surface area contributed by atoms with E-state index in [0.29, 0.717) is 29.0 Å². The fraction of sp³-hybridized carbons (Fsp3) is 0.533. The van der Waals surface area contributed by atoms with Crippen LogP contribution >= 0.6 is 0 Å². The van der Waals surface area contributed by atoms with Crippen molar-refractivity contribution >= 4 is 46.0 Å². The number of likely N-dealkylation sites (tertiary alicyclic amines) is 1. The van der Waals surface area contributed by atoms with Crippen LogP contribution in [0.25, 0.3) is 22.3 Å². The average Bonchev–Trinajstić information content (AvgIpc) is 3.73. The SMILES string of the molecule is C[C@H]1CN(c2cc(-c3n[nH]c4ccc(OC5(C)CC5)cc34)ncn2)CCN1CC1CCN(CC2CCN(c3cccc4c3C(=O)N(C3CCC(=O)NC3=O)C4=O)CC2)CC1. The highest BCUT2D eigenvalue weighted by Crippen LogP contribution is 2.41. The molecule has 2 aromatic carbocycles. The van der Waals surface area contributed by atoms with Gasteiger partial charge in [0.1, 0.15) is 35.2 Å². The maximum Gasteiger partial charge on any atom is 0.264 e. The zero-order valence-corrected chi connectivity index (χ0v) is 34.6. The second-order valence-corrected chi connectivity index (χ2v) is 18.2. The van der Waals surface area contributed by atoms with Gasteiger partial charge in [-0.2, -0.15) is 5.10 Å². The molecule has 15 nitrogen and oxygen atoms in total. The van der Waals surface area contributed by atoms with Crippen LogP contribution in [0.3, 0.4) is 0 Å². The molecule has 0 spiro atoms. The molecule has 5 aliphatic heterocycles. The van der Waals surface area contributed by atoms with Crippen molar-refractivity contribution in [3.8, 4) is 17.1 Å². The predicted octanol–water partition coefficient (Wildman–Crippen LogP) is 4.49. The van der Waals surface area contributed by atoms with Crippen LogP contribution in [0.2, 0.25) is 0 Å². The summed E-state index contributed by atoms with van der Waals surface area (Å²) in [4.78, 5) is 71.7. The van der Waals surface area contributed by atoms with Gasteiger partial charge in [0.25, 0.3) is 11.8 Å². The zero-order valence-electron chi connectivity index (χ0n) is 34.6. The Bertz CT molecular complexity index is 2330. The number of nitrogens with one attached hydrogen (secondary N) is 2. The number of aromatic nitrogens is 4. The predicted molar refractivity (Wildman–Crippen MR) is 226 cm³/mol. The van der Waals surface area contributed by atoms with Crippen molar-refractivity contribution < 1.29 is 23.9 Å². The topological polar surface area (TPSA) is 160 Å². The largest absolute Gasteiger partial charge is 0.488 e. The van der Waals surface area contributed by atoms with E-state index in [2.05, 4.69) is 66.1 Å². The Morgan fingerprint density at radius 1 is 0.833 bits per heavy atom. The highest BCUT2D eigenvalue weighted by Gasteiger charge is 2.46. The Hall–Kier alpha value is -5.41. The fourth-order valence-corrected chi connectivity index (χ4v) is 10.1. The summed E-state index contributed by atoms with van der Waals surface area (Å²) in [6, 6.07) is 13.0. The molecule has 6 aliphatic rings. The van der Waals surface area contributed by atoms with Gasteiger partial charge >= 0.3 is 0 Å². The molecule has 1 saturated carbocycles. The number of carbonyl (C=O) groups excluding carboxylic acids is 4. The third kappa shape index (κ3) is 7.50. The summed E-state index contributed by atoms with van der Waals surface area (Å²) in [6.45, 7) is 13.4. The molecule has 1 aliphatic carbocycles. The Morgan fingerprint density at radius 3 is 2.38 bits per heavy atom. The molecule has 2 N–H and O–H groups in total. The van der Waals surface area contributed by atoms with Gasteiger partial charge in [0.15, 0.2) is 0 Å². The Balaban J connectivity index is 0.689. The van der Waals surface area contributed by atoms with E-state index in [4.69, 9.17) is 9.72 Å². The number of ether oxygens (including phenoxy) is 1. The molecule has 4 saturated heterocycles. The van der Waals surface area contributed by atoms with Gasteiger partial charge in [-0.1, -0.05) is 6.07 Å². The van der Waals surface area contributed by atoms with Crippen molar-refractivity contribution in [2.45, 2.75) is 82.9 Å². The molecule has 4 amide bonds. The molecule has 0 bridgehead atoms. The molecule has 0 radical (unpaired) electrons. The van der Waals surface area contributed by atoms with E-state index in [0.717, 1.165) is 129 Å². The third-order valence-corrected chi connectivity index (χ3v) is 14.0. The second-order valence-electron chi connectivity index (χ2n) is 18.2. The van der Waals surface area contributed by atoms with Crippen molar-refractivity contribution in [3.05, 3.63) is 59.9 Å². The van der Waals surface area contributed by atoms with Crippen molar-refractivity contribution in [2.24, 2.45) is 11.8 Å². The van der Waals surface area contributed by atoms with E-state index < -0.39 is 23.8 Å². The van der Waals surface area contributed by atoms with Crippen molar-refractivity contribution in [2.75, 3.05) is 68.7 Å². The first kappa shape index (κ1) is 38.8. The number of amides is 4. The summed E-state index contributed by atoms with van der Waals surface area (Å²) >= 11 is 0. The monoisotopic (exact) mass is 814 g/mol.